The molecule has 0 aliphatic heterocycles. The Bertz CT molecular complexity index is 400. The average molecular weight is 159 g/mol. The molecule has 2 rings (SSSR count). The molecule has 3 nitrogen and oxygen atoms in total. The Hall–Kier alpha value is -1.64. The third kappa shape index (κ3) is 1.09. The van der Waals surface area contributed by atoms with Gasteiger partial charge >= 0.3 is 0 Å². The molecule has 0 unspecified atom stereocenters. The number of ether oxygens (including phenoxy) is 1. The Kier molecular flexibility index (Phi) is 1.63. The van der Waals surface area contributed by atoms with Crippen LogP contribution >= 0.6 is 0 Å². The molecule has 1 aromatic carbocycles. The third-order valence-electron chi connectivity index (χ3n) is 1.64. The van der Waals surface area contributed by atoms with Crippen molar-refractivity contribution in [1.82, 2.24) is 9.97 Å². The fourth-order valence-electron chi connectivity index (χ4n) is 1.03. The van der Waals surface area contributed by atoms with Gasteiger partial charge in [-0.1, -0.05) is 0 Å². The summed E-state index contributed by atoms with van der Waals surface area (Å²) in [6, 6.07) is 5.60. The molecule has 0 aliphatic rings. The summed E-state index contributed by atoms with van der Waals surface area (Å²) in [6.45, 7) is 0. The Morgan fingerprint density at radius 1 is 1.42 bits per heavy atom. The van der Waals surface area contributed by atoms with Gasteiger partial charge in [-0.25, -0.2) is 9.97 Å². The second-order valence-electron chi connectivity index (χ2n) is 2.37. The molecule has 0 saturated heterocycles. The van der Waals surface area contributed by atoms with Crippen molar-refractivity contribution in [3.63, 3.8) is 0 Å². The van der Waals surface area contributed by atoms with Crippen molar-refractivity contribution >= 4 is 10.9 Å². The maximum absolute atomic E-state index is 5.05. The molecule has 0 fully saturated rings. The van der Waals surface area contributed by atoms with Crippen LogP contribution in [0.1, 0.15) is 0 Å². The number of aromatic nitrogens is 2. The monoisotopic (exact) mass is 159 g/mol. The minimum Gasteiger partial charge on any atom is -0.497 e. The van der Waals surface area contributed by atoms with Gasteiger partial charge < -0.3 is 4.74 Å². The molecule has 0 aliphatic carbocycles. The zero-order valence-corrected chi connectivity index (χ0v) is 6.61. The van der Waals surface area contributed by atoms with Crippen LogP contribution in [0, 0.1) is 6.20 Å². The summed E-state index contributed by atoms with van der Waals surface area (Å²) in [7, 11) is 1.63. The highest BCUT2D eigenvalue weighted by Gasteiger charge is 1.95. The lowest BCUT2D eigenvalue weighted by atomic mass is 10.2. The first kappa shape index (κ1) is 7.03. The van der Waals surface area contributed by atoms with Gasteiger partial charge in [0.05, 0.1) is 12.6 Å². The van der Waals surface area contributed by atoms with Crippen molar-refractivity contribution in [3.8, 4) is 5.75 Å². The molecule has 12 heavy (non-hydrogen) atoms. The fraction of sp³-hybridized carbons (Fsp3) is 0.111. The molecule has 0 bridgehead atoms. The van der Waals surface area contributed by atoms with E-state index in [2.05, 4.69) is 16.2 Å². The predicted octanol–water partition coefficient (Wildman–Crippen LogP) is 1.44. The summed E-state index contributed by atoms with van der Waals surface area (Å²) in [4.78, 5) is 7.86. The van der Waals surface area contributed by atoms with E-state index in [4.69, 9.17) is 4.74 Å². The largest absolute Gasteiger partial charge is 0.497 e. The molecule has 0 saturated carbocycles. The van der Waals surface area contributed by atoms with Gasteiger partial charge in [-0.15, -0.1) is 0 Å². The molecule has 1 aromatic heterocycles. The van der Waals surface area contributed by atoms with Crippen LogP contribution in [0.3, 0.4) is 0 Å². The molecular weight excluding hydrogens is 152 g/mol. The third-order valence-corrected chi connectivity index (χ3v) is 1.64. The maximum atomic E-state index is 5.05. The van der Waals surface area contributed by atoms with Crippen LogP contribution in [0.15, 0.2) is 24.5 Å². The Balaban J connectivity index is 2.67. The van der Waals surface area contributed by atoms with Crippen molar-refractivity contribution in [2.24, 2.45) is 0 Å². The number of methoxy groups -OCH3 is 1. The van der Waals surface area contributed by atoms with Crippen molar-refractivity contribution in [2.75, 3.05) is 7.11 Å². The highest BCUT2D eigenvalue weighted by molar-refractivity contribution is 5.78. The SMILES string of the molecule is COc1ccc2ncn[c]c2c1. The summed E-state index contributed by atoms with van der Waals surface area (Å²) in [6.07, 6.45) is 4.31. The topological polar surface area (TPSA) is 35.0 Å². The van der Waals surface area contributed by atoms with E-state index in [-0.39, 0.29) is 0 Å². The molecule has 59 valence electrons. The minimum atomic E-state index is 0.800. The standard InChI is InChI=1S/C9H7N2O/c1-12-8-2-3-9-7(4-8)5-10-6-11-9/h2-4,6H,1H3. The molecule has 0 spiro atoms. The first-order valence-corrected chi connectivity index (χ1v) is 3.56. The van der Waals surface area contributed by atoms with Crippen LogP contribution in [0.2, 0.25) is 0 Å². The second kappa shape index (κ2) is 2.77. The smallest absolute Gasteiger partial charge is 0.119 e. The van der Waals surface area contributed by atoms with Crippen molar-refractivity contribution in [1.29, 1.82) is 0 Å². The Labute approximate surface area is 70.0 Å². The van der Waals surface area contributed by atoms with Gasteiger partial charge in [0.15, 0.2) is 0 Å². The van der Waals surface area contributed by atoms with Crippen LogP contribution in [0.25, 0.3) is 10.9 Å². The normalized spacial score (nSPS) is 10.1. The molecule has 0 atom stereocenters. The molecule has 3 heteroatoms. The van der Waals surface area contributed by atoms with E-state index in [0.717, 1.165) is 16.7 Å². The summed E-state index contributed by atoms with van der Waals surface area (Å²) in [5.41, 5.74) is 0.880. The van der Waals surface area contributed by atoms with Crippen LogP contribution in [-0.4, -0.2) is 17.1 Å². The molecule has 2 aromatic rings. The molecule has 1 radical (unpaired) electrons. The molecular formula is C9H7N2O. The van der Waals surface area contributed by atoms with Crippen LogP contribution < -0.4 is 4.74 Å². The molecule has 0 N–H and O–H groups in total. The lowest BCUT2D eigenvalue weighted by Gasteiger charge is -1.99. The van der Waals surface area contributed by atoms with Crippen molar-refractivity contribution in [3.05, 3.63) is 30.7 Å². The zero-order valence-electron chi connectivity index (χ0n) is 6.61. The highest BCUT2D eigenvalue weighted by Crippen LogP contribution is 2.16. The quantitative estimate of drug-likeness (QED) is 0.631. The second-order valence-corrected chi connectivity index (χ2v) is 2.37. The number of fused-ring (bicyclic) bond motifs is 1. The average Bonchev–Trinajstić information content (AvgIpc) is 2.17. The van der Waals surface area contributed by atoms with Crippen molar-refractivity contribution in [2.45, 2.75) is 0 Å². The van der Waals surface area contributed by atoms with Gasteiger partial charge in [-0.05, 0) is 18.2 Å². The van der Waals surface area contributed by atoms with E-state index in [0.29, 0.717) is 0 Å². The van der Waals surface area contributed by atoms with Gasteiger partial charge in [0, 0.05) is 5.39 Å². The van der Waals surface area contributed by atoms with E-state index >= 15 is 0 Å². The van der Waals surface area contributed by atoms with E-state index in [1.807, 2.05) is 18.2 Å². The van der Waals surface area contributed by atoms with E-state index < -0.39 is 0 Å². The van der Waals surface area contributed by atoms with Crippen LogP contribution in [-0.2, 0) is 0 Å². The van der Waals surface area contributed by atoms with Gasteiger partial charge in [0.1, 0.15) is 18.3 Å². The maximum Gasteiger partial charge on any atom is 0.119 e. The molecule has 1 heterocycles. The first-order valence-electron chi connectivity index (χ1n) is 3.56. The number of rotatable bonds is 1. The van der Waals surface area contributed by atoms with Crippen LogP contribution in [0.4, 0.5) is 0 Å². The number of nitrogens with zero attached hydrogens (tertiary/aromatic N) is 2. The van der Waals surface area contributed by atoms with Gasteiger partial charge in [-0.3, -0.25) is 0 Å². The summed E-state index contributed by atoms with van der Waals surface area (Å²) in [5.74, 6) is 0.800. The minimum absolute atomic E-state index is 0.800. The number of benzene rings is 1. The first-order chi connectivity index (χ1) is 5.90. The van der Waals surface area contributed by atoms with E-state index in [9.17, 15) is 0 Å². The number of hydrogen-bond donors (Lipinski definition) is 0. The lowest BCUT2D eigenvalue weighted by Crippen LogP contribution is -1.84. The summed E-state index contributed by atoms with van der Waals surface area (Å²) < 4.78 is 5.05. The van der Waals surface area contributed by atoms with E-state index in [1.54, 1.807) is 7.11 Å². The summed E-state index contributed by atoms with van der Waals surface area (Å²) >= 11 is 0. The fourth-order valence-corrected chi connectivity index (χ4v) is 1.03. The lowest BCUT2D eigenvalue weighted by molar-refractivity contribution is 0.415. The summed E-state index contributed by atoms with van der Waals surface area (Å²) in [5, 5.41) is 0.872. The Morgan fingerprint density at radius 3 is 3.17 bits per heavy atom. The van der Waals surface area contributed by atoms with Crippen molar-refractivity contribution < 1.29 is 4.74 Å². The van der Waals surface area contributed by atoms with Gasteiger partial charge in [-0.2, -0.15) is 0 Å². The van der Waals surface area contributed by atoms with Gasteiger partial charge in [0.25, 0.3) is 0 Å². The predicted molar refractivity (Wildman–Crippen MR) is 44.9 cm³/mol. The highest BCUT2D eigenvalue weighted by atomic mass is 16.5. The zero-order chi connectivity index (χ0) is 8.39. The van der Waals surface area contributed by atoms with Crippen LogP contribution in [0.5, 0.6) is 5.75 Å². The van der Waals surface area contributed by atoms with Gasteiger partial charge in [0.2, 0.25) is 0 Å². The Morgan fingerprint density at radius 2 is 2.33 bits per heavy atom. The molecule has 0 amide bonds. The van der Waals surface area contributed by atoms with E-state index in [1.165, 1.54) is 6.33 Å². The number of hydrogen-bond acceptors (Lipinski definition) is 3.